The van der Waals surface area contributed by atoms with Crippen molar-refractivity contribution in [1.29, 1.82) is 0 Å². The molecule has 0 aromatic rings. The summed E-state index contributed by atoms with van der Waals surface area (Å²) in [5.41, 5.74) is 0. The molecule has 0 saturated carbocycles. The van der Waals surface area contributed by atoms with Crippen molar-refractivity contribution in [3.63, 3.8) is 0 Å². The number of carbonyl (C=O) groups excluding carboxylic acids is 1. The fourth-order valence-corrected chi connectivity index (χ4v) is 0.668. The molecule has 0 aliphatic rings. The van der Waals surface area contributed by atoms with E-state index in [0.29, 0.717) is 6.54 Å². The lowest BCUT2D eigenvalue weighted by atomic mass is 10.5. The largest absolute Gasteiger partial charge is 0.342 e. The predicted octanol–water partition coefficient (Wildman–Crippen LogP) is 1.00. The maximum atomic E-state index is 10.8. The molecule has 0 rings (SSSR count). The van der Waals surface area contributed by atoms with Gasteiger partial charge >= 0.3 is 0 Å². The highest BCUT2D eigenvalue weighted by atomic mass is 32.2. The lowest BCUT2D eigenvalue weighted by Crippen LogP contribution is -2.20. The lowest BCUT2D eigenvalue weighted by Gasteiger charge is -1.92. The van der Waals surface area contributed by atoms with Crippen molar-refractivity contribution in [2.45, 2.75) is 6.92 Å². The van der Waals surface area contributed by atoms with Crippen molar-refractivity contribution in [2.75, 3.05) is 12.8 Å². The SMILES string of the molecule is CC#CCNC(=O)/C=C/SC. The van der Waals surface area contributed by atoms with Gasteiger partial charge in [0, 0.05) is 6.08 Å². The monoisotopic (exact) mass is 169 g/mol. The molecule has 1 N–H and O–H groups in total. The van der Waals surface area contributed by atoms with Gasteiger partial charge in [-0.2, -0.15) is 0 Å². The summed E-state index contributed by atoms with van der Waals surface area (Å²) in [5.74, 6) is 5.32. The highest BCUT2D eigenvalue weighted by Crippen LogP contribution is 1.91. The Morgan fingerprint density at radius 2 is 2.45 bits per heavy atom. The second kappa shape index (κ2) is 7.23. The quantitative estimate of drug-likeness (QED) is 0.504. The molecule has 0 heterocycles. The first-order valence-electron chi connectivity index (χ1n) is 3.18. The zero-order valence-corrected chi connectivity index (χ0v) is 7.49. The van der Waals surface area contributed by atoms with Crippen molar-refractivity contribution in [1.82, 2.24) is 5.32 Å². The second-order valence-corrected chi connectivity index (χ2v) is 2.43. The number of thioether (sulfide) groups is 1. The van der Waals surface area contributed by atoms with E-state index < -0.39 is 0 Å². The minimum Gasteiger partial charge on any atom is -0.342 e. The third-order valence-corrected chi connectivity index (χ3v) is 1.29. The fourth-order valence-electron chi connectivity index (χ4n) is 0.408. The normalized spacial score (nSPS) is 8.91. The van der Waals surface area contributed by atoms with Crippen LogP contribution >= 0.6 is 11.8 Å². The van der Waals surface area contributed by atoms with Crippen LogP contribution in [0.5, 0.6) is 0 Å². The minimum absolute atomic E-state index is 0.0953. The summed E-state index contributed by atoms with van der Waals surface area (Å²) in [6.07, 6.45) is 3.39. The van der Waals surface area contributed by atoms with Gasteiger partial charge in [0.2, 0.25) is 5.91 Å². The summed E-state index contributed by atoms with van der Waals surface area (Å²) >= 11 is 1.49. The van der Waals surface area contributed by atoms with Gasteiger partial charge in [-0.05, 0) is 18.6 Å². The lowest BCUT2D eigenvalue weighted by molar-refractivity contribution is -0.116. The Bertz CT molecular complexity index is 200. The third-order valence-electron chi connectivity index (χ3n) is 0.883. The van der Waals surface area contributed by atoms with Crippen LogP contribution in [-0.4, -0.2) is 18.7 Å². The van der Waals surface area contributed by atoms with Crippen LogP contribution in [0.4, 0.5) is 0 Å². The molecular formula is C8H11NOS. The van der Waals surface area contributed by atoms with Crippen LogP contribution < -0.4 is 5.32 Å². The van der Waals surface area contributed by atoms with E-state index in [1.54, 1.807) is 12.3 Å². The van der Waals surface area contributed by atoms with E-state index in [-0.39, 0.29) is 5.91 Å². The smallest absolute Gasteiger partial charge is 0.245 e. The first-order chi connectivity index (χ1) is 5.31. The highest BCUT2D eigenvalue weighted by Gasteiger charge is 1.88. The Kier molecular flexibility index (Phi) is 6.65. The Balaban J connectivity index is 3.50. The average Bonchev–Trinajstić information content (AvgIpc) is 2.01. The van der Waals surface area contributed by atoms with Gasteiger partial charge in [-0.25, -0.2) is 0 Å². The van der Waals surface area contributed by atoms with Crippen molar-refractivity contribution >= 4 is 17.7 Å². The highest BCUT2D eigenvalue weighted by molar-refractivity contribution is 8.01. The summed E-state index contributed by atoms with van der Waals surface area (Å²) in [4.78, 5) is 10.8. The van der Waals surface area contributed by atoms with Crippen molar-refractivity contribution in [3.05, 3.63) is 11.5 Å². The van der Waals surface area contributed by atoms with E-state index >= 15 is 0 Å². The molecule has 0 fully saturated rings. The van der Waals surface area contributed by atoms with Gasteiger partial charge in [0.05, 0.1) is 6.54 Å². The number of hydrogen-bond acceptors (Lipinski definition) is 2. The number of amides is 1. The molecule has 1 amide bonds. The summed E-state index contributed by atoms with van der Waals surface area (Å²) in [6.45, 7) is 2.16. The van der Waals surface area contributed by atoms with Crippen molar-refractivity contribution in [2.24, 2.45) is 0 Å². The molecule has 0 aliphatic heterocycles. The van der Waals surface area contributed by atoms with Crippen LogP contribution in [0.3, 0.4) is 0 Å². The molecule has 60 valence electrons. The maximum Gasteiger partial charge on any atom is 0.245 e. The van der Waals surface area contributed by atoms with Crippen LogP contribution in [0.1, 0.15) is 6.92 Å². The van der Waals surface area contributed by atoms with E-state index in [0.717, 1.165) is 0 Å². The first kappa shape index (κ1) is 10.1. The van der Waals surface area contributed by atoms with E-state index in [2.05, 4.69) is 17.2 Å². The molecule has 0 spiro atoms. The van der Waals surface area contributed by atoms with Gasteiger partial charge in [0.25, 0.3) is 0 Å². The Labute approximate surface area is 71.4 Å². The molecule has 2 nitrogen and oxygen atoms in total. The number of hydrogen-bond donors (Lipinski definition) is 1. The van der Waals surface area contributed by atoms with Crippen LogP contribution in [0, 0.1) is 11.8 Å². The topological polar surface area (TPSA) is 29.1 Å². The Morgan fingerprint density at radius 3 is 3.00 bits per heavy atom. The molecular weight excluding hydrogens is 158 g/mol. The van der Waals surface area contributed by atoms with E-state index in [1.165, 1.54) is 17.8 Å². The zero-order chi connectivity index (χ0) is 8.53. The average molecular weight is 169 g/mol. The molecule has 11 heavy (non-hydrogen) atoms. The summed E-state index contributed by atoms with van der Waals surface area (Å²) in [5, 5.41) is 4.34. The van der Waals surface area contributed by atoms with Crippen LogP contribution in [0.2, 0.25) is 0 Å². The van der Waals surface area contributed by atoms with E-state index in [9.17, 15) is 4.79 Å². The van der Waals surface area contributed by atoms with Gasteiger partial charge in [-0.15, -0.1) is 17.7 Å². The molecule has 0 saturated heterocycles. The number of rotatable bonds is 3. The van der Waals surface area contributed by atoms with Gasteiger partial charge in [0.1, 0.15) is 0 Å². The molecule has 0 atom stereocenters. The summed E-state index contributed by atoms with van der Waals surface area (Å²) in [6, 6.07) is 0. The van der Waals surface area contributed by atoms with Crippen LogP contribution in [-0.2, 0) is 4.79 Å². The molecule has 3 heteroatoms. The first-order valence-corrected chi connectivity index (χ1v) is 4.47. The van der Waals surface area contributed by atoms with E-state index in [4.69, 9.17) is 0 Å². The van der Waals surface area contributed by atoms with Crippen molar-refractivity contribution in [3.8, 4) is 11.8 Å². The van der Waals surface area contributed by atoms with Crippen LogP contribution in [0.15, 0.2) is 11.5 Å². The summed E-state index contributed by atoms with van der Waals surface area (Å²) < 4.78 is 0. The molecule has 0 bridgehead atoms. The Hall–Kier alpha value is -0.880. The van der Waals surface area contributed by atoms with Crippen molar-refractivity contribution < 1.29 is 4.79 Å². The zero-order valence-electron chi connectivity index (χ0n) is 6.68. The maximum absolute atomic E-state index is 10.8. The second-order valence-electron chi connectivity index (χ2n) is 1.68. The molecule has 0 unspecified atom stereocenters. The molecule has 0 radical (unpaired) electrons. The molecule has 0 aromatic carbocycles. The number of nitrogens with one attached hydrogen (secondary N) is 1. The molecule has 0 aliphatic carbocycles. The van der Waals surface area contributed by atoms with Crippen LogP contribution in [0.25, 0.3) is 0 Å². The summed E-state index contributed by atoms with van der Waals surface area (Å²) in [7, 11) is 0. The fraction of sp³-hybridized carbons (Fsp3) is 0.375. The predicted molar refractivity (Wildman–Crippen MR) is 49.1 cm³/mol. The third kappa shape index (κ3) is 7.01. The minimum atomic E-state index is -0.0953. The standard InChI is InChI=1S/C8H11NOS/c1-3-4-6-9-8(10)5-7-11-2/h5,7H,6H2,1-2H3,(H,9,10)/b7-5+. The molecule has 0 aromatic heterocycles. The van der Waals surface area contributed by atoms with E-state index in [1.807, 2.05) is 6.26 Å². The number of carbonyl (C=O) groups is 1. The van der Waals surface area contributed by atoms with Gasteiger partial charge in [-0.1, -0.05) is 5.92 Å². The van der Waals surface area contributed by atoms with Gasteiger partial charge < -0.3 is 5.32 Å². The van der Waals surface area contributed by atoms with Gasteiger partial charge in [0.15, 0.2) is 0 Å². The van der Waals surface area contributed by atoms with Gasteiger partial charge in [-0.3, -0.25) is 4.79 Å². The Morgan fingerprint density at radius 1 is 1.73 bits per heavy atom.